The molecule has 6 nitrogen and oxygen atoms in total. The molecule has 0 aliphatic carbocycles. The number of phenolic OH excluding ortho intramolecular Hbond substituents is 1. The van der Waals surface area contributed by atoms with E-state index in [1.54, 1.807) is 18.5 Å². The van der Waals surface area contributed by atoms with Gasteiger partial charge in [-0.1, -0.05) is 19.1 Å². The van der Waals surface area contributed by atoms with E-state index >= 15 is 0 Å². The highest BCUT2D eigenvalue weighted by molar-refractivity contribution is 5.86. The first-order valence-electron chi connectivity index (χ1n) is 8.82. The first kappa shape index (κ1) is 24.9. The molecule has 4 rings (SSSR count). The van der Waals surface area contributed by atoms with Crippen LogP contribution in [0.2, 0.25) is 0 Å². The molecule has 0 unspecified atom stereocenters. The van der Waals surface area contributed by atoms with Gasteiger partial charge in [0.2, 0.25) is 0 Å². The first-order valence-corrected chi connectivity index (χ1v) is 8.82. The van der Waals surface area contributed by atoms with Gasteiger partial charge in [-0.2, -0.15) is 10.2 Å². The van der Waals surface area contributed by atoms with Crippen LogP contribution in [0.25, 0.3) is 28.0 Å². The Labute approximate surface area is 188 Å². The lowest BCUT2D eigenvalue weighted by atomic mass is 10.0. The molecule has 29 heavy (non-hydrogen) atoms. The van der Waals surface area contributed by atoms with Crippen LogP contribution in [0.4, 0.5) is 0 Å². The van der Waals surface area contributed by atoms with Crippen molar-refractivity contribution < 1.29 is 5.11 Å². The van der Waals surface area contributed by atoms with E-state index in [4.69, 9.17) is 0 Å². The number of likely N-dealkylation sites (N-methyl/N-ethyl adjacent to an activating group) is 1. The number of halogens is 3. The Morgan fingerprint density at radius 3 is 2.34 bits per heavy atom. The van der Waals surface area contributed by atoms with E-state index in [0.717, 1.165) is 42.9 Å². The largest absolute Gasteiger partial charge is 0.507 e. The quantitative estimate of drug-likeness (QED) is 0.599. The number of hydrogen-bond donors (Lipinski definition) is 2. The molecule has 3 aromatic rings. The minimum atomic E-state index is 0. The van der Waals surface area contributed by atoms with E-state index in [0.29, 0.717) is 11.3 Å². The highest BCUT2D eigenvalue weighted by Crippen LogP contribution is 2.32. The maximum absolute atomic E-state index is 10.4. The van der Waals surface area contributed by atoms with Gasteiger partial charge >= 0.3 is 0 Å². The number of aromatic hydroxyl groups is 1. The average molecular weight is 457 g/mol. The Morgan fingerprint density at radius 2 is 1.79 bits per heavy atom. The zero-order chi connectivity index (χ0) is 17.9. The van der Waals surface area contributed by atoms with Crippen molar-refractivity contribution in [3.8, 4) is 28.1 Å². The summed E-state index contributed by atoms with van der Waals surface area (Å²) in [6.07, 6.45) is 6.74. The molecule has 3 heterocycles. The van der Waals surface area contributed by atoms with Gasteiger partial charge in [0.1, 0.15) is 5.75 Å². The fourth-order valence-corrected chi connectivity index (χ4v) is 3.21. The fraction of sp³-hybridized carbons (Fsp3) is 0.250. The first-order chi connectivity index (χ1) is 12.7. The Balaban J connectivity index is 0.00000140. The molecular formula is C20H24Cl3N5O. The summed E-state index contributed by atoms with van der Waals surface area (Å²) in [4.78, 5) is 2.39. The van der Waals surface area contributed by atoms with Crippen LogP contribution in [0, 0.1) is 0 Å². The summed E-state index contributed by atoms with van der Waals surface area (Å²) in [6, 6.07) is 9.43. The average Bonchev–Trinajstić information content (AvgIpc) is 3.23. The number of aromatic amines is 1. The summed E-state index contributed by atoms with van der Waals surface area (Å²) in [5, 5.41) is 25.8. The normalized spacial score (nSPS) is 13.5. The molecule has 0 radical (unpaired) electrons. The summed E-state index contributed by atoms with van der Waals surface area (Å²) in [5.41, 5.74) is 5.33. The van der Waals surface area contributed by atoms with Crippen molar-refractivity contribution in [1.29, 1.82) is 0 Å². The molecule has 0 fully saturated rings. The van der Waals surface area contributed by atoms with Gasteiger partial charge in [0.05, 0.1) is 17.6 Å². The van der Waals surface area contributed by atoms with Gasteiger partial charge in [0, 0.05) is 30.4 Å². The van der Waals surface area contributed by atoms with Gasteiger partial charge < -0.3 is 5.11 Å². The third-order valence-electron chi connectivity index (χ3n) is 4.84. The molecule has 2 N–H and O–H groups in total. The van der Waals surface area contributed by atoms with Crippen molar-refractivity contribution in [3.63, 3.8) is 0 Å². The summed E-state index contributed by atoms with van der Waals surface area (Å²) >= 11 is 0. The topological polar surface area (TPSA) is 77.9 Å². The van der Waals surface area contributed by atoms with Crippen LogP contribution in [0.15, 0.2) is 48.8 Å². The SMILES string of the molecule is CCN1CC=C(c2ccc(-c3ccc(-c4cn[nH]c4)cc3O)nn2)CC1.Cl.Cl.Cl. The maximum atomic E-state index is 10.4. The highest BCUT2D eigenvalue weighted by Gasteiger charge is 2.14. The zero-order valence-corrected chi connectivity index (χ0v) is 18.4. The van der Waals surface area contributed by atoms with E-state index < -0.39 is 0 Å². The van der Waals surface area contributed by atoms with Crippen LogP contribution in [0.1, 0.15) is 19.0 Å². The van der Waals surface area contributed by atoms with Crippen LogP contribution >= 0.6 is 37.2 Å². The molecular weight excluding hydrogens is 433 g/mol. The smallest absolute Gasteiger partial charge is 0.125 e. The molecule has 0 bridgehead atoms. The van der Waals surface area contributed by atoms with Crippen LogP contribution in [0.3, 0.4) is 0 Å². The standard InChI is InChI=1S/C20H21N5O.3ClH/c1-2-25-9-7-14(8-10-25)18-5-6-19(24-23-18)17-4-3-15(11-20(17)26)16-12-21-22-13-16;;;/h3-7,11-13,26H,2,8-10H2,1H3,(H,21,22);3*1H. The molecule has 156 valence electrons. The van der Waals surface area contributed by atoms with Crippen LogP contribution in [0.5, 0.6) is 5.75 Å². The van der Waals surface area contributed by atoms with Gasteiger partial charge in [0.15, 0.2) is 0 Å². The second kappa shape index (κ2) is 11.2. The lowest BCUT2D eigenvalue weighted by Gasteiger charge is -2.24. The van der Waals surface area contributed by atoms with Gasteiger partial charge in [-0.25, -0.2) is 0 Å². The van der Waals surface area contributed by atoms with Crippen LogP contribution < -0.4 is 0 Å². The minimum absolute atomic E-state index is 0. The number of hydrogen-bond acceptors (Lipinski definition) is 5. The lowest BCUT2D eigenvalue weighted by Crippen LogP contribution is -2.28. The predicted molar refractivity (Wildman–Crippen MR) is 123 cm³/mol. The highest BCUT2D eigenvalue weighted by atomic mass is 35.5. The lowest BCUT2D eigenvalue weighted by molar-refractivity contribution is 0.318. The van der Waals surface area contributed by atoms with E-state index in [1.165, 1.54) is 5.57 Å². The maximum Gasteiger partial charge on any atom is 0.125 e. The molecule has 0 saturated heterocycles. The number of benzene rings is 1. The van der Waals surface area contributed by atoms with Gasteiger partial charge in [-0.15, -0.1) is 42.3 Å². The van der Waals surface area contributed by atoms with E-state index in [9.17, 15) is 5.11 Å². The molecule has 0 saturated carbocycles. The Hall–Kier alpha value is -2.12. The van der Waals surface area contributed by atoms with Crippen molar-refractivity contribution in [2.24, 2.45) is 0 Å². The van der Waals surface area contributed by atoms with Gasteiger partial charge in [-0.05, 0) is 48.4 Å². The molecule has 9 heteroatoms. The van der Waals surface area contributed by atoms with Crippen molar-refractivity contribution in [1.82, 2.24) is 25.3 Å². The summed E-state index contributed by atoms with van der Waals surface area (Å²) in [6.45, 7) is 5.27. The number of aromatic nitrogens is 4. The number of H-pyrrole nitrogens is 1. The fourth-order valence-electron chi connectivity index (χ4n) is 3.21. The predicted octanol–water partition coefficient (Wildman–Crippen LogP) is 4.61. The van der Waals surface area contributed by atoms with Gasteiger partial charge in [0.25, 0.3) is 0 Å². The zero-order valence-electron chi connectivity index (χ0n) is 15.9. The molecule has 2 aromatic heterocycles. The molecule has 1 aliphatic heterocycles. The van der Waals surface area contributed by atoms with Crippen molar-refractivity contribution in [2.45, 2.75) is 13.3 Å². The molecule has 0 atom stereocenters. The number of nitrogens with zero attached hydrogens (tertiary/aromatic N) is 4. The molecule has 0 amide bonds. The summed E-state index contributed by atoms with van der Waals surface area (Å²) < 4.78 is 0. The van der Waals surface area contributed by atoms with E-state index in [-0.39, 0.29) is 43.0 Å². The second-order valence-electron chi connectivity index (χ2n) is 6.40. The monoisotopic (exact) mass is 455 g/mol. The number of phenols is 1. The minimum Gasteiger partial charge on any atom is -0.507 e. The Bertz CT molecular complexity index is 930. The summed E-state index contributed by atoms with van der Waals surface area (Å²) in [7, 11) is 0. The van der Waals surface area contributed by atoms with Crippen molar-refractivity contribution in [2.75, 3.05) is 19.6 Å². The van der Waals surface area contributed by atoms with Crippen molar-refractivity contribution >= 4 is 42.8 Å². The Morgan fingerprint density at radius 1 is 1.03 bits per heavy atom. The van der Waals surface area contributed by atoms with Gasteiger partial charge in [-0.3, -0.25) is 10.00 Å². The second-order valence-corrected chi connectivity index (χ2v) is 6.40. The third-order valence-corrected chi connectivity index (χ3v) is 4.84. The number of nitrogens with one attached hydrogen (secondary N) is 1. The Kier molecular flexibility index (Phi) is 9.59. The molecule has 0 spiro atoms. The van der Waals surface area contributed by atoms with E-state index in [1.807, 2.05) is 24.3 Å². The third kappa shape index (κ3) is 5.48. The van der Waals surface area contributed by atoms with Crippen LogP contribution in [-0.4, -0.2) is 50.0 Å². The number of rotatable bonds is 4. The molecule has 1 aromatic carbocycles. The summed E-state index contributed by atoms with van der Waals surface area (Å²) in [5.74, 6) is 0.182. The van der Waals surface area contributed by atoms with Crippen LogP contribution in [-0.2, 0) is 0 Å². The van der Waals surface area contributed by atoms with E-state index in [2.05, 4.69) is 38.3 Å². The molecule has 1 aliphatic rings. The van der Waals surface area contributed by atoms with Crippen molar-refractivity contribution in [3.05, 3.63) is 54.5 Å².